The van der Waals surface area contributed by atoms with Gasteiger partial charge in [0.25, 0.3) is 0 Å². The zero-order chi connectivity index (χ0) is 30.4. The molecule has 0 saturated carbocycles. The molecule has 0 bridgehead atoms. The van der Waals surface area contributed by atoms with Gasteiger partial charge in [0.05, 0.1) is 31.3 Å². The van der Waals surface area contributed by atoms with Crippen molar-refractivity contribution < 1.29 is 19.0 Å². The van der Waals surface area contributed by atoms with E-state index in [2.05, 4.69) is 23.8 Å². The molecule has 234 valence electrons. The van der Waals surface area contributed by atoms with Gasteiger partial charge in [-0.3, -0.25) is 4.98 Å². The topological polar surface area (TPSA) is 70.5 Å². The molecule has 3 aromatic rings. The van der Waals surface area contributed by atoms with E-state index in [1.165, 1.54) is 96.1 Å². The summed E-state index contributed by atoms with van der Waals surface area (Å²) in [5.74, 6) is 1.52. The monoisotopic (exact) mass is 588 g/mol. The van der Waals surface area contributed by atoms with Gasteiger partial charge in [-0.15, -0.1) is 0 Å². The number of nitrogens with zero attached hydrogens (tertiary/aromatic N) is 2. The summed E-state index contributed by atoms with van der Waals surface area (Å²) in [6.07, 6.45) is 23.5. The fraction of sp³-hybridized carbons (Fsp3) is 0.541. The Balaban J connectivity index is 1.32. The number of hydrogen-bond acceptors (Lipinski definition) is 6. The molecule has 0 fully saturated rings. The molecule has 1 heterocycles. The van der Waals surface area contributed by atoms with Crippen molar-refractivity contribution in [2.45, 2.75) is 117 Å². The number of carbonyl (C=O) groups excluding carboxylic acids is 1. The summed E-state index contributed by atoms with van der Waals surface area (Å²) in [4.78, 5) is 21.3. The van der Waals surface area contributed by atoms with Crippen molar-refractivity contribution in [3.05, 3.63) is 66.6 Å². The number of esters is 1. The quantitative estimate of drug-likeness (QED) is 0.0623. The molecule has 2 aromatic carbocycles. The van der Waals surface area contributed by atoms with Crippen LogP contribution >= 0.6 is 0 Å². The molecule has 0 spiro atoms. The third kappa shape index (κ3) is 14.1. The lowest BCUT2D eigenvalue weighted by Crippen LogP contribution is -2.11. The molecule has 6 heteroatoms. The zero-order valence-electron chi connectivity index (χ0n) is 26.5. The van der Waals surface area contributed by atoms with Gasteiger partial charge in [0.1, 0.15) is 17.2 Å². The van der Waals surface area contributed by atoms with Gasteiger partial charge in [-0.25, -0.2) is 9.78 Å². The lowest BCUT2D eigenvalue weighted by Gasteiger charge is -2.08. The van der Waals surface area contributed by atoms with Crippen LogP contribution in [-0.2, 0) is 0 Å². The fourth-order valence-corrected chi connectivity index (χ4v) is 4.92. The SMILES string of the molecule is CCCCCCCCCCCCOc1ccc(-c2cnc(C(=O)Oc3ccc(OCCCCCCCC)cc3)cn2)cc1. The lowest BCUT2D eigenvalue weighted by molar-refractivity contribution is 0.0728. The Morgan fingerprint density at radius 3 is 1.44 bits per heavy atom. The van der Waals surface area contributed by atoms with Crippen molar-refractivity contribution in [1.29, 1.82) is 0 Å². The Hall–Kier alpha value is -3.41. The van der Waals surface area contributed by atoms with Crippen LogP contribution < -0.4 is 14.2 Å². The summed E-state index contributed by atoms with van der Waals surface area (Å²) < 4.78 is 17.2. The molecule has 6 nitrogen and oxygen atoms in total. The van der Waals surface area contributed by atoms with Gasteiger partial charge in [-0.05, 0) is 61.4 Å². The molecule has 0 amide bonds. The molecule has 43 heavy (non-hydrogen) atoms. The van der Waals surface area contributed by atoms with Crippen LogP contribution in [0.15, 0.2) is 60.9 Å². The van der Waals surface area contributed by atoms with Crippen molar-refractivity contribution in [2.24, 2.45) is 0 Å². The highest BCUT2D eigenvalue weighted by molar-refractivity contribution is 5.88. The molecular weight excluding hydrogens is 536 g/mol. The molecule has 1 aromatic heterocycles. The maximum absolute atomic E-state index is 12.6. The molecule has 3 rings (SSSR count). The van der Waals surface area contributed by atoms with Crippen LogP contribution in [-0.4, -0.2) is 29.2 Å². The largest absolute Gasteiger partial charge is 0.494 e. The first-order valence-electron chi connectivity index (χ1n) is 16.7. The Kier molecular flexibility index (Phi) is 16.9. The average Bonchev–Trinajstić information content (AvgIpc) is 3.04. The van der Waals surface area contributed by atoms with Gasteiger partial charge < -0.3 is 14.2 Å². The minimum absolute atomic E-state index is 0.156. The van der Waals surface area contributed by atoms with Crippen molar-refractivity contribution >= 4 is 5.97 Å². The van der Waals surface area contributed by atoms with E-state index < -0.39 is 5.97 Å². The van der Waals surface area contributed by atoms with Crippen LogP contribution in [0.3, 0.4) is 0 Å². The third-order valence-corrected chi connectivity index (χ3v) is 7.58. The van der Waals surface area contributed by atoms with Crippen LogP contribution in [0.1, 0.15) is 127 Å². The highest BCUT2D eigenvalue weighted by Gasteiger charge is 2.12. The molecule has 0 unspecified atom stereocenters. The standard InChI is InChI=1S/C37H52N2O4/c1-3-5-7-9-11-12-13-14-16-18-27-41-32-21-19-31(20-22-32)35-29-39-36(30-38-35)37(40)43-34-25-23-33(24-26-34)42-28-17-15-10-8-6-4-2/h19-26,29-30H,3-18,27-28H2,1-2H3. The van der Waals surface area contributed by atoms with E-state index in [4.69, 9.17) is 14.2 Å². The van der Waals surface area contributed by atoms with E-state index in [0.717, 1.165) is 36.5 Å². The molecule has 0 aliphatic heterocycles. The maximum atomic E-state index is 12.6. The first-order chi connectivity index (χ1) is 21.2. The molecule has 0 aliphatic rings. The second-order valence-corrected chi connectivity index (χ2v) is 11.3. The second kappa shape index (κ2) is 21.3. The first kappa shape index (κ1) is 34.1. The Morgan fingerprint density at radius 1 is 0.535 bits per heavy atom. The van der Waals surface area contributed by atoms with Crippen LogP contribution in [0, 0.1) is 0 Å². The molecule has 0 saturated heterocycles. The van der Waals surface area contributed by atoms with E-state index in [9.17, 15) is 4.79 Å². The van der Waals surface area contributed by atoms with E-state index in [1.54, 1.807) is 18.3 Å². The lowest BCUT2D eigenvalue weighted by atomic mass is 10.1. The summed E-state index contributed by atoms with van der Waals surface area (Å²) in [5.41, 5.74) is 1.75. The second-order valence-electron chi connectivity index (χ2n) is 11.3. The molecule has 0 aliphatic carbocycles. The van der Waals surface area contributed by atoms with Gasteiger partial charge in [0.15, 0.2) is 5.69 Å². The van der Waals surface area contributed by atoms with E-state index in [0.29, 0.717) is 18.1 Å². The van der Waals surface area contributed by atoms with Crippen LogP contribution in [0.4, 0.5) is 0 Å². The fourth-order valence-electron chi connectivity index (χ4n) is 4.92. The normalized spacial score (nSPS) is 10.9. The van der Waals surface area contributed by atoms with Crippen molar-refractivity contribution in [3.63, 3.8) is 0 Å². The molecule has 0 N–H and O–H groups in total. The number of rotatable bonds is 23. The predicted molar refractivity (Wildman–Crippen MR) is 175 cm³/mol. The third-order valence-electron chi connectivity index (χ3n) is 7.58. The van der Waals surface area contributed by atoms with Gasteiger partial charge in [-0.2, -0.15) is 0 Å². The minimum atomic E-state index is -0.546. The smallest absolute Gasteiger partial charge is 0.363 e. The van der Waals surface area contributed by atoms with Gasteiger partial charge in [0.2, 0.25) is 0 Å². The molecular formula is C37H52N2O4. The Morgan fingerprint density at radius 2 is 0.977 bits per heavy atom. The first-order valence-corrected chi connectivity index (χ1v) is 16.7. The van der Waals surface area contributed by atoms with E-state index >= 15 is 0 Å². The zero-order valence-corrected chi connectivity index (χ0v) is 26.5. The minimum Gasteiger partial charge on any atom is -0.494 e. The predicted octanol–water partition coefficient (Wildman–Crippen LogP) is 10.4. The number of benzene rings is 2. The van der Waals surface area contributed by atoms with E-state index in [1.807, 2.05) is 36.4 Å². The Labute approximate surface area is 259 Å². The molecule has 0 radical (unpaired) electrons. The molecule has 0 atom stereocenters. The summed E-state index contributed by atoms with van der Waals surface area (Å²) in [5, 5.41) is 0. The number of carbonyl (C=O) groups is 1. The van der Waals surface area contributed by atoms with Crippen LogP contribution in [0.25, 0.3) is 11.3 Å². The van der Waals surface area contributed by atoms with Crippen molar-refractivity contribution in [2.75, 3.05) is 13.2 Å². The summed E-state index contributed by atoms with van der Waals surface area (Å²) >= 11 is 0. The van der Waals surface area contributed by atoms with Gasteiger partial charge in [-0.1, -0.05) is 104 Å². The van der Waals surface area contributed by atoms with E-state index in [-0.39, 0.29) is 5.69 Å². The number of aromatic nitrogens is 2. The van der Waals surface area contributed by atoms with Crippen molar-refractivity contribution in [3.8, 4) is 28.5 Å². The summed E-state index contributed by atoms with van der Waals surface area (Å²) in [6.45, 7) is 5.92. The summed E-state index contributed by atoms with van der Waals surface area (Å²) in [7, 11) is 0. The van der Waals surface area contributed by atoms with Crippen LogP contribution in [0.5, 0.6) is 17.2 Å². The Bertz CT molecular complexity index is 1130. The highest BCUT2D eigenvalue weighted by atomic mass is 16.5. The summed E-state index contributed by atoms with van der Waals surface area (Å²) in [6, 6.07) is 14.9. The number of unbranched alkanes of at least 4 members (excludes halogenated alkanes) is 14. The number of ether oxygens (including phenoxy) is 3. The van der Waals surface area contributed by atoms with Crippen LogP contribution in [0.2, 0.25) is 0 Å². The van der Waals surface area contributed by atoms with Gasteiger partial charge >= 0.3 is 5.97 Å². The number of hydrogen-bond donors (Lipinski definition) is 0. The average molecular weight is 589 g/mol. The maximum Gasteiger partial charge on any atom is 0.363 e. The van der Waals surface area contributed by atoms with Gasteiger partial charge in [0, 0.05) is 5.56 Å². The van der Waals surface area contributed by atoms with Crippen molar-refractivity contribution in [1.82, 2.24) is 9.97 Å². The highest BCUT2D eigenvalue weighted by Crippen LogP contribution is 2.22.